The van der Waals surface area contributed by atoms with Crippen LogP contribution in [0.3, 0.4) is 0 Å². The van der Waals surface area contributed by atoms with Gasteiger partial charge in [0.05, 0.1) is 10.6 Å². The maximum atomic E-state index is 12.4. The normalized spacial score (nSPS) is 11.9. The van der Waals surface area contributed by atoms with Crippen LogP contribution in [0.5, 0.6) is 0 Å². The van der Waals surface area contributed by atoms with Gasteiger partial charge in [-0.15, -0.1) is 0 Å². The molecule has 0 aliphatic heterocycles. The van der Waals surface area contributed by atoms with Gasteiger partial charge in [0.2, 0.25) is 0 Å². The molecule has 0 aliphatic rings. The van der Waals surface area contributed by atoms with Crippen LogP contribution in [0.4, 0.5) is 13.2 Å². The van der Waals surface area contributed by atoms with E-state index in [2.05, 4.69) is 22.6 Å². The Kier molecular flexibility index (Phi) is 4.34. The van der Waals surface area contributed by atoms with Crippen molar-refractivity contribution in [2.75, 3.05) is 0 Å². The van der Waals surface area contributed by atoms with Gasteiger partial charge in [-0.3, -0.25) is 0 Å². The third-order valence-electron chi connectivity index (χ3n) is 1.61. The highest BCUT2D eigenvalue weighted by Crippen LogP contribution is 2.38. The van der Waals surface area contributed by atoms with Crippen LogP contribution >= 0.6 is 56.8 Å². The van der Waals surface area contributed by atoms with Crippen molar-refractivity contribution in [2.24, 2.45) is 0 Å². The minimum absolute atomic E-state index is 0.202. The summed E-state index contributed by atoms with van der Waals surface area (Å²) >= 11 is 9.55. The molecular formula is C8H4ClF3I2. The summed E-state index contributed by atoms with van der Waals surface area (Å²) in [7, 11) is 0. The summed E-state index contributed by atoms with van der Waals surface area (Å²) in [6, 6.07) is 2.49. The van der Waals surface area contributed by atoms with Crippen molar-refractivity contribution >= 4 is 56.8 Å². The molecule has 0 unspecified atom stereocenters. The molecule has 14 heavy (non-hydrogen) atoms. The Bertz CT molecular complexity index is 349. The minimum Gasteiger partial charge on any atom is -0.166 e. The Hall–Kier alpha value is 0.760. The first kappa shape index (κ1) is 12.8. The lowest BCUT2D eigenvalue weighted by Crippen LogP contribution is -2.07. The Labute approximate surface area is 111 Å². The van der Waals surface area contributed by atoms with Gasteiger partial charge in [-0.2, -0.15) is 13.2 Å². The van der Waals surface area contributed by atoms with Crippen LogP contribution in [0, 0.1) is 3.57 Å². The van der Waals surface area contributed by atoms with E-state index in [4.69, 9.17) is 11.6 Å². The van der Waals surface area contributed by atoms with Gasteiger partial charge in [-0.05, 0) is 34.2 Å². The van der Waals surface area contributed by atoms with E-state index in [1.54, 1.807) is 0 Å². The predicted molar refractivity (Wildman–Crippen MR) is 66.9 cm³/mol. The summed E-state index contributed by atoms with van der Waals surface area (Å²) in [6.07, 6.45) is -4.37. The fraction of sp³-hybridized carbons (Fsp3) is 0.250. The van der Waals surface area contributed by atoms with E-state index in [-0.39, 0.29) is 5.02 Å². The molecule has 0 bridgehead atoms. The second-order valence-electron chi connectivity index (χ2n) is 2.53. The number of halogens is 6. The largest absolute Gasteiger partial charge is 0.417 e. The van der Waals surface area contributed by atoms with Crippen LogP contribution in [-0.4, -0.2) is 0 Å². The van der Waals surface area contributed by atoms with Crippen molar-refractivity contribution < 1.29 is 13.2 Å². The van der Waals surface area contributed by atoms with Crippen molar-refractivity contribution in [1.29, 1.82) is 0 Å². The number of hydrogen-bond acceptors (Lipinski definition) is 0. The molecule has 0 N–H and O–H groups in total. The molecule has 0 heterocycles. The Morgan fingerprint density at radius 1 is 1.29 bits per heavy atom. The van der Waals surface area contributed by atoms with Crippen molar-refractivity contribution in [1.82, 2.24) is 0 Å². The standard InChI is InChI=1S/C8H4ClF3I2/c9-6-5(8(10,11)12)2-1-4(3-13)7(6)14/h1-2H,3H2. The topological polar surface area (TPSA) is 0 Å². The Morgan fingerprint density at radius 3 is 2.29 bits per heavy atom. The van der Waals surface area contributed by atoms with Crippen molar-refractivity contribution in [2.45, 2.75) is 10.6 Å². The maximum absolute atomic E-state index is 12.4. The van der Waals surface area contributed by atoms with Gasteiger partial charge in [-0.1, -0.05) is 40.3 Å². The number of benzene rings is 1. The molecule has 0 atom stereocenters. The molecule has 1 rings (SSSR count). The average molecular weight is 446 g/mol. The van der Waals surface area contributed by atoms with E-state index < -0.39 is 11.7 Å². The van der Waals surface area contributed by atoms with Crippen molar-refractivity contribution in [3.8, 4) is 0 Å². The molecule has 1 aromatic carbocycles. The summed E-state index contributed by atoms with van der Waals surface area (Å²) < 4.78 is 38.3. The molecule has 0 radical (unpaired) electrons. The fourth-order valence-electron chi connectivity index (χ4n) is 0.912. The van der Waals surface area contributed by atoms with E-state index in [1.807, 2.05) is 22.6 Å². The van der Waals surface area contributed by atoms with Gasteiger partial charge in [0.25, 0.3) is 0 Å². The lowest BCUT2D eigenvalue weighted by atomic mass is 10.1. The first-order chi connectivity index (χ1) is 6.38. The van der Waals surface area contributed by atoms with Crippen LogP contribution in [0.2, 0.25) is 5.02 Å². The highest BCUT2D eigenvalue weighted by Gasteiger charge is 2.34. The average Bonchev–Trinajstić information content (AvgIpc) is 2.07. The Balaban J connectivity index is 3.31. The third-order valence-corrected chi connectivity index (χ3v) is 4.38. The van der Waals surface area contributed by atoms with Gasteiger partial charge < -0.3 is 0 Å². The number of hydrogen-bond donors (Lipinski definition) is 0. The zero-order chi connectivity index (χ0) is 10.9. The van der Waals surface area contributed by atoms with Crippen LogP contribution in [-0.2, 0) is 10.6 Å². The SMILES string of the molecule is FC(F)(F)c1ccc(CI)c(I)c1Cl. The van der Waals surface area contributed by atoms with Gasteiger partial charge in [-0.25, -0.2) is 0 Å². The summed E-state index contributed by atoms with van der Waals surface area (Å²) in [4.78, 5) is 0. The molecule has 1 aromatic rings. The maximum Gasteiger partial charge on any atom is 0.417 e. The number of alkyl halides is 4. The third kappa shape index (κ3) is 2.66. The molecule has 0 aromatic heterocycles. The van der Waals surface area contributed by atoms with E-state index in [9.17, 15) is 13.2 Å². The quantitative estimate of drug-likeness (QED) is 0.426. The number of rotatable bonds is 1. The summed E-state index contributed by atoms with van der Waals surface area (Å²) in [5.41, 5.74) is 0.0568. The van der Waals surface area contributed by atoms with Crippen LogP contribution in [0.15, 0.2) is 12.1 Å². The van der Waals surface area contributed by atoms with Gasteiger partial charge in [0.15, 0.2) is 0 Å². The molecule has 0 nitrogen and oxygen atoms in total. The molecule has 0 spiro atoms. The van der Waals surface area contributed by atoms with Crippen molar-refractivity contribution in [3.05, 3.63) is 31.9 Å². The van der Waals surface area contributed by atoms with E-state index >= 15 is 0 Å². The van der Waals surface area contributed by atoms with E-state index in [0.29, 0.717) is 8.00 Å². The lowest BCUT2D eigenvalue weighted by Gasteiger charge is -2.11. The molecule has 0 amide bonds. The highest BCUT2D eigenvalue weighted by molar-refractivity contribution is 14.1. The minimum atomic E-state index is -4.37. The zero-order valence-corrected chi connectivity index (χ0v) is 11.7. The van der Waals surface area contributed by atoms with Gasteiger partial charge in [0.1, 0.15) is 0 Å². The van der Waals surface area contributed by atoms with Crippen molar-refractivity contribution in [3.63, 3.8) is 0 Å². The monoisotopic (exact) mass is 446 g/mol. The van der Waals surface area contributed by atoms with Gasteiger partial charge >= 0.3 is 6.18 Å². The molecular weight excluding hydrogens is 442 g/mol. The van der Waals surface area contributed by atoms with E-state index in [1.165, 1.54) is 6.07 Å². The summed E-state index contributed by atoms with van der Waals surface area (Å²) in [5.74, 6) is 0. The van der Waals surface area contributed by atoms with E-state index in [0.717, 1.165) is 11.6 Å². The molecule has 78 valence electrons. The summed E-state index contributed by atoms with van der Waals surface area (Å²) in [5, 5.41) is -0.202. The van der Waals surface area contributed by atoms with Crippen LogP contribution in [0.1, 0.15) is 11.1 Å². The second kappa shape index (κ2) is 4.73. The van der Waals surface area contributed by atoms with Gasteiger partial charge in [0, 0.05) is 8.00 Å². The molecule has 6 heteroatoms. The molecule has 0 saturated carbocycles. The van der Waals surface area contributed by atoms with Crippen LogP contribution < -0.4 is 0 Å². The molecule has 0 saturated heterocycles. The molecule has 0 fully saturated rings. The first-order valence-electron chi connectivity index (χ1n) is 3.48. The lowest BCUT2D eigenvalue weighted by molar-refractivity contribution is -0.137. The summed E-state index contributed by atoms with van der Waals surface area (Å²) in [6.45, 7) is 0. The fourth-order valence-corrected chi connectivity index (χ4v) is 3.23. The highest BCUT2D eigenvalue weighted by atomic mass is 127. The Morgan fingerprint density at radius 2 is 1.86 bits per heavy atom. The second-order valence-corrected chi connectivity index (χ2v) is 4.75. The first-order valence-corrected chi connectivity index (χ1v) is 6.46. The zero-order valence-electron chi connectivity index (χ0n) is 6.63. The predicted octanol–water partition coefficient (Wildman–Crippen LogP) is 4.90. The van der Waals surface area contributed by atoms with Crippen LogP contribution in [0.25, 0.3) is 0 Å². The smallest absolute Gasteiger partial charge is 0.166 e. The molecule has 0 aliphatic carbocycles.